The molecule has 0 bridgehead atoms. The van der Waals surface area contributed by atoms with Crippen molar-refractivity contribution < 1.29 is 33.3 Å². The number of amides is 2. The van der Waals surface area contributed by atoms with Gasteiger partial charge in [-0.15, -0.1) is 0 Å². The fourth-order valence-corrected chi connectivity index (χ4v) is 2.98. The van der Waals surface area contributed by atoms with Crippen LogP contribution in [0.1, 0.15) is 34.6 Å². The first-order valence-electron chi connectivity index (χ1n) is 10.0. The fourth-order valence-electron chi connectivity index (χ4n) is 2.98. The standard InChI is InChI=1S/C23H28N2O7/c1-6-25(7-2)22(27)15-8-10-16(11-9-15)24-21(26)14-32-23(28)17-12-19(30-4)20(31-5)13-18(17)29-3/h8-13H,6-7,14H2,1-5H3,(H,24,26). The van der Waals surface area contributed by atoms with E-state index in [1.165, 1.54) is 33.5 Å². The van der Waals surface area contributed by atoms with Crippen molar-refractivity contribution in [2.45, 2.75) is 13.8 Å². The third-order valence-electron chi connectivity index (χ3n) is 4.73. The van der Waals surface area contributed by atoms with Gasteiger partial charge in [0.2, 0.25) is 0 Å². The molecule has 32 heavy (non-hydrogen) atoms. The number of nitrogens with zero attached hydrogens (tertiary/aromatic N) is 1. The molecule has 2 amide bonds. The highest BCUT2D eigenvalue weighted by molar-refractivity contribution is 5.98. The monoisotopic (exact) mass is 444 g/mol. The minimum absolute atomic E-state index is 0.0781. The van der Waals surface area contributed by atoms with Crippen LogP contribution in [0.25, 0.3) is 0 Å². The van der Waals surface area contributed by atoms with Crippen molar-refractivity contribution in [3.05, 3.63) is 47.5 Å². The van der Waals surface area contributed by atoms with Crippen LogP contribution in [0.4, 0.5) is 5.69 Å². The van der Waals surface area contributed by atoms with Gasteiger partial charge in [0.25, 0.3) is 11.8 Å². The maximum Gasteiger partial charge on any atom is 0.342 e. The number of hydrogen-bond acceptors (Lipinski definition) is 7. The molecular weight excluding hydrogens is 416 g/mol. The van der Waals surface area contributed by atoms with Gasteiger partial charge in [-0.1, -0.05) is 0 Å². The summed E-state index contributed by atoms with van der Waals surface area (Å²) in [4.78, 5) is 38.7. The highest BCUT2D eigenvalue weighted by Crippen LogP contribution is 2.34. The number of methoxy groups -OCH3 is 3. The van der Waals surface area contributed by atoms with E-state index in [4.69, 9.17) is 18.9 Å². The number of benzene rings is 2. The zero-order valence-electron chi connectivity index (χ0n) is 18.9. The second-order valence-electron chi connectivity index (χ2n) is 6.59. The van der Waals surface area contributed by atoms with Crippen LogP contribution in [0.15, 0.2) is 36.4 Å². The molecule has 0 unspecified atom stereocenters. The highest BCUT2D eigenvalue weighted by atomic mass is 16.5. The molecule has 9 nitrogen and oxygen atoms in total. The summed E-state index contributed by atoms with van der Waals surface area (Å²) in [6, 6.07) is 9.43. The van der Waals surface area contributed by atoms with Crippen molar-refractivity contribution in [2.24, 2.45) is 0 Å². The lowest BCUT2D eigenvalue weighted by Gasteiger charge is -2.18. The zero-order chi connectivity index (χ0) is 23.7. The van der Waals surface area contributed by atoms with Crippen molar-refractivity contribution in [2.75, 3.05) is 46.3 Å². The van der Waals surface area contributed by atoms with Gasteiger partial charge in [-0.05, 0) is 38.1 Å². The molecule has 2 rings (SSSR count). The van der Waals surface area contributed by atoms with Crippen LogP contribution in [0.5, 0.6) is 17.2 Å². The number of rotatable bonds is 10. The summed E-state index contributed by atoms with van der Waals surface area (Å²) in [5.41, 5.74) is 1.10. The Bertz CT molecular complexity index is 954. The fraction of sp³-hybridized carbons (Fsp3) is 0.348. The Kier molecular flexibility index (Phi) is 8.88. The molecule has 9 heteroatoms. The average Bonchev–Trinajstić information content (AvgIpc) is 2.82. The van der Waals surface area contributed by atoms with Crippen LogP contribution >= 0.6 is 0 Å². The number of carbonyl (C=O) groups is 3. The largest absolute Gasteiger partial charge is 0.496 e. The number of nitrogens with one attached hydrogen (secondary N) is 1. The number of carbonyl (C=O) groups excluding carboxylic acids is 3. The third kappa shape index (κ3) is 5.90. The van der Waals surface area contributed by atoms with Gasteiger partial charge in [0.05, 0.1) is 21.3 Å². The molecule has 172 valence electrons. The zero-order valence-corrected chi connectivity index (χ0v) is 18.9. The van der Waals surface area contributed by atoms with Gasteiger partial charge < -0.3 is 29.2 Å². The van der Waals surface area contributed by atoms with E-state index in [-0.39, 0.29) is 17.2 Å². The summed E-state index contributed by atoms with van der Waals surface area (Å²) in [5.74, 6) is -0.420. The van der Waals surface area contributed by atoms with Crippen LogP contribution in [0.2, 0.25) is 0 Å². The molecule has 0 atom stereocenters. The van der Waals surface area contributed by atoms with Crippen LogP contribution in [-0.4, -0.2) is 63.7 Å². The minimum Gasteiger partial charge on any atom is -0.496 e. The van der Waals surface area contributed by atoms with Crippen LogP contribution in [0.3, 0.4) is 0 Å². The van der Waals surface area contributed by atoms with E-state index in [9.17, 15) is 14.4 Å². The molecule has 0 saturated heterocycles. The van der Waals surface area contributed by atoms with E-state index in [1.807, 2.05) is 13.8 Å². The van der Waals surface area contributed by atoms with E-state index < -0.39 is 18.5 Å². The first kappa shape index (κ1) is 24.5. The minimum atomic E-state index is -0.752. The molecule has 0 aliphatic rings. The molecule has 0 aliphatic heterocycles. The Morgan fingerprint density at radius 1 is 0.844 bits per heavy atom. The molecule has 2 aromatic rings. The Hall–Kier alpha value is -3.75. The van der Waals surface area contributed by atoms with Gasteiger partial charge in [0, 0.05) is 36.5 Å². The van der Waals surface area contributed by atoms with Crippen molar-refractivity contribution in [3.8, 4) is 17.2 Å². The van der Waals surface area contributed by atoms with E-state index in [0.717, 1.165) is 0 Å². The predicted octanol–water partition coefficient (Wildman–Crippen LogP) is 2.99. The van der Waals surface area contributed by atoms with Gasteiger partial charge in [-0.25, -0.2) is 4.79 Å². The lowest BCUT2D eigenvalue weighted by molar-refractivity contribution is -0.119. The molecule has 0 aliphatic carbocycles. The van der Waals surface area contributed by atoms with Gasteiger partial charge >= 0.3 is 5.97 Å². The predicted molar refractivity (Wildman–Crippen MR) is 119 cm³/mol. The summed E-state index contributed by atoms with van der Waals surface area (Å²) in [6.45, 7) is 4.55. The Balaban J connectivity index is 2.00. The molecule has 0 heterocycles. The molecular formula is C23H28N2O7. The summed E-state index contributed by atoms with van der Waals surface area (Å²) >= 11 is 0. The normalized spacial score (nSPS) is 10.2. The Labute approximate surface area is 187 Å². The SMILES string of the molecule is CCN(CC)C(=O)c1ccc(NC(=O)COC(=O)c2cc(OC)c(OC)cc2OC)cc1. The van der Waals surface area contributed by atoms with Gasteiger partial charge in [0.1, 0.15) is 11.3 Å². The number of ether oxygens (including phenoxy) is 4. The number of anilines is 1. The summed E-state index contributed by atoms with van der Waals surface area (Å²) in [6.07, 6.45) is 0. The van der Waals surface area contributed by atoms with Crippen molar-refractivity contribution >= 4 is 23.5 Å². The molecule has 0 radical (unpaired) electrons. The first-order valence-corrected chi connectivity index (χ1v) is 10.0. The Morgan fingerprint density at radius 2 is 1.41 bits per heavy atom. The van der Waals surface area contributed by atoms with E-state index in [1.54, 1.807) is 29.2 Å². The average molecular weight is 444 g/mol. The lowest BCUT2D eigenvalue weighted by atomic mass is 10.1. The second kappa shape index (κ2) is 11.6. The van der Waals surface area contributed by atoms with Crippen molar-refractivity contribution in [1.82, 2.24) is 4.90 Å². The van der Waals surface area contributed by atoms with Crippen molar-refractivity contribution in [3.63, 3.8) is 0 Å². The third-order valence-corrected chi connectivity index (χ3v) is 4.73. The van der Waals surface area contributed by atoms with E-state index in [0.29, 0.717) is 35.8 Å². The molecule has 0 aromatic heterocycles. The molecule has 1 N–H and O–H groups in total. The molecule has 0 spiro atoms. The Morgan fingerprint density at radius 3 is 1.94 bits per heavy atom. The highest BCUT2D eigenvalue weighted by Gasteiger charge is 2.20. The molecule has 2 aromatic carbocycles. The molecule has 0 saturated carbocycles. The topological polar surface area (TPSA) is 103 Å². The van der Waals surface area contributed by atoms with Gasteiger partial charge in [-0.2, -0.15) is 0 Å². The van der Waals surface area contributed by atoms with Crippen LogP contribution < -0.4 is 19.5 Å². The number of esters is 1. The number of hydrogen-bond donors (Lipinski definition) is 1. The van der Waals surface area contributed by atoms with Gasteiger partial charge in [0.15, 0.2) is 18.1 Å². The summed E-state index contributed by atoms with van der Waals surface area (Å²) in [5, 5.41) is 2.62. The second-order valence-corrected chi connectivity index (χ2v) is 6.59. The maximum absolute atomic E-state index is 12.5. The van der Waals surface area contributed by atoms with E-state index >= 15 is 0 Å². The lowest BCUT2D eigenvalue weighted by Crippen LogP contribution is -2.30. The maximum atomic E-state index is 12.5. The van der Waals surface area contributed by atoms with Gasteiger partial charge in [-0.3, -0.25) is 9.59 Å². The summed E-state index contributed by atoms with van der Waals surface area (Å²) < 4.78 is 20.7. The van der Waals surface area contributed by atoms with Crippen LogP contribution in [-0.2, 0) is 9.53 Å². The smallest absolute Gasteiger partial charge is 0.342 e. The van der Waals surface area contributed by atoms with Crippen LogP contribution in [0, 0.1) is 0 Å². The quantitative estimate of drug-likeness (QED) is 0.562. The molecule has 0 fully saturated rings. The summed E-state index contributed by atoms with van der Waals surface area (Å²) in [7, 11) is 4.30. The van der Waals surface area contributed by atoms with E-state index in [2.05, 4.69) is 5.32 Å². The van der Waals surface area contributed by atoms with Crippen molar-refractivity contribution in [1.29, 1.82) is 0 Å². The first-order chi connectivity index (χ1) is 15.4.